The molecule has 32 heavy (non-hydrogen) atoms. The van der Waals surface area contributed by atoms with E-state index in [1.54, 1.807) is 6.07 Å². The van der Waals surface area contributed by atoms with Gasteiger partial charge in [0.25, 0.3) is 0 Å². The highest BCUT2D eigenvalue weighted by atomic mass is 32.2. The van der Waals surface area contributed by atoms with Crippen molar-refractivity contribution in [1.29, 1.82) is 0 Å². The zero-order chi connectivity index (χ0) is 22.7. The maximum Gasteiger partial charge on any atom is 0.240 e. The van der Waals surface area contributed by atoms with Gasteiger partial charge in [0.2, 0.25) is 10.0 Å². The SMILES string of the molecule is COc1ccc(S(=O)(=O)NCC(c2ccc3c(c2)CCN3C)N2CCOCC2)cc1OC. The van der Waals surface area contributed by atoms with Crippen molar-refractivity contribution in [3.63, 3.8) is 0 Å². The molecule has 2 aromatic carbocycles. The molecule has 4 rings (SSSR count). The number of fused-ring (bicyclic) bond motifs is 1. The molecule has 2 aliphatic heterocycles. The fourth-order valence-corrected chi connectivity index (χ4v) is 5.45. The minimum atomic E-state index is -3.73. The van der Waals surface area contributed by atoms with Crippen LogP contribution < -0.4 is 19.1 Å². The Hall–Kier alpha value is -2.33. The normalized spacial score (nSPS) is 17.8. The van der Waals surface area contributed by atoms with Crippen LogP contribution >= 0.6 is 0 Å². The Morgan fingerprint density at radius 3 is 2.50 bits per heavy atom. The van der Waals surface area contributed by atoms with E-state index in [0.717, 1.165) is 31.6 Å². The van der Waals surface area contributed by atoms with E-state index < -0.39 is 10.0 Å². The zero-order valence-electron chi connectivity index (χ0n) is 18.8. The molecule has 0 amide bonds. The highest BCUT2D eigenvalue weighted by molar-refractivity contribution is 7.89. The van der Waals surface area contributed by atoms with E-state index in [0.29, 0.717) is 24.7 Å². The summed E-state index contributed by atoms with van der Waals surface area (Å²) in [5, 5.41) is 0. The number of likely N-dealkylation sites (N-methyl/N-ethyl adjacent to an activating group) is 1. The van der Waals surface area contributed by atoms with Crippen LogP contribution in [0.15, 0.2) is 41.3 Å². The lowest BCUT2D eigenvalue weighted by Crippen LogP contribution is -2.43. The van der Waals surface area contributed by atoms with Gasteiger partial charge in [0.15, 0.2) is 11.5 Å². The van der Waals surface area contributed by atoms with Crippen molar-refractivity contribution >= 4 is 15.7 Å². The molecule has 8 nitrogen and oxygen atoms in total. The molecule has 0 radical (unpaired) electrons. The number of methoxy groups -OCH3 is 2. The maximum absolute atomic E-state index is 13.1. The summed E-state index contributed by atoms with van der Waals surface area (Å²) in [4.78, 5) is 4.69. The van der Waals surface area contributed by atoms with Crippen LogP contribution in [0.2, 0.25) is 0 Å². The molecule has 0 bridgehead atoms. The maximum atomic E-state index is 13.1. The fourth-order valence-electron chi connectivity index (χ4n) is 4.40. The van der Waals surface area contributed by atoms with Gasteiger partial charge < -0.3 is 19.1 Å². The Balaban J connectivity index is 1.58. The van der Waals surface area contributed by atoms with Gasteiger partial charge in [-0.15, -0.1) is 0 Å². The van der Waals surface area contributed by atoms with E-state index in [1.807, 2.05) is 0 Å². The Morgan fingerprint density at radius 2 is 1.78 bits per heavy atom. The lowest BCUT2D eigenvalue weighted by Gasteiger charge is -2.35. The first-order valence-corrected chi connectivity index (χ1v) is 12.3. The van der Waals surface area contributed by atoms with Crippen molar-refractivity contribution in [2.75, 3.05) is 65.6 Å². The second-order valence-electron chi connectivity index (χ2n) is 8.09. The Labute approximate surface area is 190 Å². The third kappa shape index (κ3) is 4.71. The molecule has 9 heteroatoms. The molecule has 1 atom stereocenters. The molecule has 1 unspecified atom stereocenters. The molecule has 1 fully saturated rings. The van der Waals surface area contributed by atoms with Crippen molar-refractivity contribution in [3.05, 3.63) is 47.5 Å². The van der Waals surface area contributed by atoms with Crippen LogP contribution in [0.3, 0.4) is 0 Å². The minimum Gasteiger partial charge on any atom is -0.493 e. The predicted octanol–water partition coefficient (Wildman–Crippen LogP) is 2.05. The third-order valence-corrected chi connectivity index (χ3v) is 7.66. The Kier molecular flexibility index (Phi) is 6.90. The predicted molar refractivity (Wildman–Crippen MR) is 123 cm³/mol. The third-order valence-electron chi connectivity index (χ3n) is 6.23. The van der Waals surface area contributed by atoms with Gasteiger partial charge in [-0.3, -0.25) is 4.90 Å². The second kappa shape index (κ2) is 9.66. The molecule has 2 aromatic rings. The van der Waals surface area contributed by atoms with Gasteiger partial charge in [-0.2, -0.15) is 0 Å². The van der Waals surface area contributed by atoms with Crippen molar-refractivity contribution in [2.24, 2.45) is 0 Å². The quantitative estimate of drug-likeness (QED) is 0.644. The van der Waals surface area contributed by atoms with Gasteiger partial charge in [0.05, 0.1) is 32.3 Å². The van der Waals surface area contributed by atoms with E-state index in [2.05, 4.69) is 39.8 Å². The number of rotatable bonds is 8. The van der Waals surface area contributed by atoms with Crippen LogP contribution in [0.25, 0.3) is 0 Å². The first kappa shape index (κ1) is 22.8. The van der Waals surface area contributed by atoms with Crippen molar-refractivity contribution in [3.8, 4) is 11.5 Å². The van der Waals surface area contributed by atoms with Crippen LogP contribution in [-0.2, 0) is 21.2 Å². The summed E-state index contributed by atoms with van der Waals surface area (Å²) in [7, 11) is 1.37. The highest BCUT2D eigenvalue weighted by Gasteiger charge is 2.27. The molecular weight excluding hydrogens is 430 g/mol. The summed E-state index contributed by atoms with van der Waals surface area (Å²) >= 11 is 0. The van der Waals surface area contributed by atoms with Crippen LogP contribution in [0.5, 0.6) is 11.5 Å². The number of sulfonamides is 1. The smallest absolute Gasteiger partial charge is 0.240 e. The Bertz CT molecular complexity index is 1050. The van der Waals surface area contributed by atoms with Gasteiger partial charge >= 0.3 is 0 Å². The van der Waals surface area contributed by atoms with E-state index in [1.165, 1.54) is 37.6 Å². The number of ether oxygens (including phenoxy) is 3. The van der Waals surface area contributed by atoms with Crippen LogP contribution in [0.1, 0.15) is 17.2 Å². The number of hydrogen-bond acceptors (Lipinski definition) is 7. The van der Waals surface area contributed by atoms with E-state index in [4.69, 9.17) is 14.2 Å². The first-order valence-electron chi connectivity index (χ1n) is 10.8. The molecule has 174 valence electrons. The van der Waals surface area contributed by atoms with Gasteiger partial charge in [-0.1, -0.05) is 12.1 Å². The fraction of sp³-hybridized carbons (Fsp3) is 0.478. The van der Waals surface area contributed by atoms with Crippen molar-refractivity contribution < 1.29 is 22.6 Å². The zero-order valence-corrected chi connectivity index (χ0v) is 19.7. The highest BCUT2D eigenvalue weighted by Crippen LogP contribution is 2.32. The van der Waals surface area contributed by atoms with Gasteiger partial charge in [0.1, 0.15) is 0 Å². The number of anilines is 1. The summed E-state index contributed by atoms with van der Waals surface area (Å²) in [5.74, 6) is 0.864. The van der Waals surface area contributed by atoms with Gasteiger partial charge in [-0.05, 0) is 35.7 Å². The van der Waals surface area contributed by atoms with Gasteiger partial charge in [0, 0.05) is 51.0 Å². The number of hydrogen-bond donors (Lipinski definition) is 1. The lowest BCUT2D eigenvalue weighted by molar-refractivity contribution is 0.0172. The standard InChI is InChI=1S/C23H31N3O5S/c1-25-9-8-18-14-17(4-6-20(18)25)21(26-10-12-31-13-11-26)16-24-32(27,28)19-5-7-22(29-2)23(15-19)30-3/h4-7,14-15,21,24H,8-13,16H2,1-3H3. The number of benzene rings is 2. The lowest BCUT2D eigenvalue weighted by atomic mass is 10.0. The molecule has 0 aromatic heterocycles. The van der Waals surface area contributed by atoms with E-state index in [9.17, 15) is 8.42 Å². The molecule has 2 aliphatic rings. The Morgan fingerprint density at radius 1 is 1.03 bits per heavy atom. The molecule has 0 saturated carbocycles. The number of nitrogens with one attached hydrogen (secondary N) is 1. The molecule has 0 spiro atoms. The van der Waals surface area contributed by atoms with E-state index >= 15 is 0 Å². The summed E-state index contributed by atoms with van der Waals surface area (Å²) < 4.78 is 45.0. The first-order chi connectivity index (χ1) is 15.4. The van der Waals surface area contributed by atoms with Crippen LogP contribution in [0, 0.1) is 0 Å². The van der Waals surface area contributed by atoms with E-state index in [-0.39, 0.29) is 17.5 Å². The minimum absolute atomic E-state index is 0.0787. The van der Waals surface area contributed by atoms with Crippen molar-refractivity contribution in [1.82, 2.24) is 9.62 Å². The summed E-state index contributed by atoms with van der Waals surface area (Å²) in [6.45, 7) is 4.09. The molecule has 0 aliphatic carbocycles. The molecule has 1 N–H and O–H groups in total. The number of nitrogens with zero attached hydrogens (tertiary/aromatic N) is 2. The van der Waals surface area contributed by atoms with Crippen LogP contribution in [-0.4, -0.2) is 74.0 Å². The average molecular weight is 462 g/mol. The van der Waals surface area contributed by atoms with Crippen LogP contribution in [0.4, 0.5) is 5.69 Å². The average Bonchev–Trinajstić information content (AvgIpc) is 3.19. The summed E-state index contributed by atoms with van der Waals surface area (Å²) in [6.07, 6.45) is 1.01. The topological polar surface area (TPSA) is 80.3 Å². The molecule has 1 saturated heterocycles. The monoisotopic (exact) mass is 461 g/mol. The summed E-state index contributed by atoms with van der Waals surface area (Å²) in [6, 6.07) is 11.0. The van der Waals surface area contributed by atoms with Gasteiger partial charge in [-0.25, -0.2) is 13.1 Å². The summed E-state index contributed by atoms with van der Waals surface area (Å²) in [5.41, 5.74) is 3.68. The molecule has 2 heterocycles. The van der Waals surface area contributed by atoms with Crippen molar-refractivity contribution in [2.45, 2.75) is 17.4 Å². The molecular formula is C23H31N3O5S. The largest absolute Gasteiger partial charge is 0.493 e. The second-order valence-corrected chi connectivity index (χ2v) is 9.86. The number of morpholine rings is 1.